The van der Waals surface area contributed by atoms with Crippen LogP contribution in [0, 0.1) is 20.8 Å². The van der Waals surface area contributed by atoms with E-state index in [2.05, 4.69) is 73.9 Å². The fourth-order valence-corrected chi connectivity index (χ4v) is 4.68. The molecule has 0 radical (unpaired) electrons. The van der Waals surface area contributed by atoms with Gasteiger partial charge in [0.2, 0.25) is 0 Å². The summed E-state index contributed by atoms with van der Waals surface area (Å²) in [6.07, 6.45) is 0. The van der Waals surface area contributed by atoms with Gasteiger partial charge < -0.3 is 4.57 Å². The maximum absolute atomic E-state index is 6.01. The van der Waals surface area contributed by atoms with Gasteiger partial charge in [-0.1, -0.05) is 41.4 Å². The fraction of sp³-hybridized carbons (Fsp3) is 0.208. The Morgan fingerprint density at radius 2 is 1.61 bits per heavy atom. The molecule has 28 heavy (non-hydrogen) atoms. The lowest BCUT2D eigenvalue weighted by Gasteiger charge is -2.15. The number of hydrogen-bond acceptors (Lipinski definition) is 2. The first-order valence-electron chi connectivity index (χ1n) is 9.40. The van der Waals surface area contributed by atoms with Gasteiger partial charge in [-0.3, -0.25) is 0 Å². The summed E-state index contributed by atoms with van der Waals surface area (Å²) in [5, 5.41) is 0.766. The molecule has 0 N–H and O–H groups in total. The van der Waals surface area contributed by atoms with Crippen molar-refractivity contribution in [1.82, 2.24) is 9.55 Å². The highest BCUT2D eigenvalue weighted by atomic mass is 35.5. The number of aromatic nitrogens is 2. The molecule has 142 valence electrons. The van der Waals surface area contributed by atoms with Gasteiger partial charge in [0.1, 0.15) is 5.82 Å². The van der Waals surface area contributed by atoms with Gasteiger partial charge in [-0.15, -0.1) is 11.8 Å². The lowest BCUT2D eigenvalue weighted by atomic mass is 10.00. The van der Waals surface area contributed by atoms with Crippen LogP contribution < -0.4 is 0 Å². The van der Waals surface area contributed by atoms with Crippen molar-refractivity contribution in [1.29, 1.82) is 0 Å². The zero-order valence-electron chi connectivity index (χ0n) is 16.4. The summed E-state index contributed by atoms with van der Waals surface area (Å²) < 4.78 is 2.36. The molecule has 0 fully saturated rings. The van der Waals surface area contributed by atoms with Crippen molar-refractivity contribution in [3.63, 3.8) is 0 Å². The molecule has 0 aliphatic rings. The van der Waals surface area contributed by atoms with Crippen molar-refractivity contribution < 1.29 is 0 Å². The molecule has 3 aromatic carbocycles. The highest BCUT2D eigenvalue weighted by Gasteiger charge is 2.14. The van der Waals surface area contributed by atoms with Crippen molar-refractivity contribution in [2.45, 2.75) is 38.0 Å². The quantitative estimate of drug-likeness (QED) is 0.333. The predicted octanol–water partition coefficient (Wildman–Crippen LogP) is 6.96. The number of hydrogen-bond donors (Lipinski definition) is 0. The zero-order chi connectivity index (χ0) is 19.7. The van der Waals surface area contributed by atoms with E-state index < -0.39 is 0 Å². The van der Waals surface area contributed by atoms with Crippen LogP contribution >= 0.6 is 23.4 Å². The molecule has 0 spiro atoms. The minimum Gasteiger partial charge on any atom is -0.323 e. The van der Waals surface area contributed by atoms with Crippen molar-refractivity contribution in [3.8, 4) is 0 Å². The van der Waals surface area contributed by atoms with Crippen LogP contribution in [0.3, 0.4) is 0 Å². The predicted molar refractivity (Wildman–Crippen MR) is 121 cm³/mol. The Balaban J connectivity index is 1.70. The van der Waals surface area contributed by atoms with Crippen LogP contribution in [-0.4, -0.2) is 9.55 Å². The van der Waals surface area contributed by atoms with Gasteiger partial charge in [-0.2, -0.15) is 0 Å². The van der Waals surface area contributed by atoms with Crippen LogP contribution in [0.4, 0.5) is 0 Å². The summed E-state index contributed by atoms with van der Waals surface area (Å²) in [6.45, 7) is 7.41. The van der Waals surface area contributed by atoms with E-state index in [0.29, 0.717) is 0 Å². The Kier molecular flexibility index (Phi) is 5.47. The maximum Gasteiger partial charge on any atom is 0.120 e. The third-order valence-electron chi connectivity index (χ3n) is 5.07. The Morgan fingerprint density at radius 3 is 2.32 bits per heavy atom. The summed E-state index contributed by atoms with van der Waals surface area (Å²) in [5.74, 6) is 1.92. The first-order valence-corrected chi connectivity index (χ1v) is 10.8. The second-order valence-electron chi connectivity index (χ2n) is 7.22. The summed E-state index contributed by atoms with van der Waals surface area (Å²) >= 11 is 7.80. The average Bonchev–Trinajstić information content (AvgIpc) is 3.01. The van der Waals surface area contributed by atoms with Crippen molar-refractivity contribution in [2.75, 3.05) is 0 Å². The van der Waals surface area contributed by atoms with E-state index in [9.17, 15) is 0 Å². The van der Waals surface area contributed by atoms with E-state index in [1.807, 2.05) is 12.1 Å². The molecule has 0 bridgehead atoms. The summed E-state index contributed by atoms with van der Waals surface area (Å²) in [4.78, 5) is 6.13. The lowest BCUT2D eigenvalue weighted by molar-refractivity contribution is 0.771. The first kappa shape index (κ1) is 19.1. The lowest BCUT2D eigenvalue weighted by Crippen LogP contribution is -2.07. The number of fused-ring (bicyclic) bond motifs is 1. The molecule has 4 rings (SSSR count). The number of imidazole rings is 1. The number of para-hydroxylation sites is 2. The molecule has 0 saturated carbocycles. The highest BCUT2D eigenvalue weighted by Crippen LogP contribution is 2.28. The van der Waals surface area contributed by atoms with Crippen molar-refractivity contribution >= 4 is 34.4 Å². The van der Waals surface area contributed by atoms with Gasteiger partial charge in [0, 0.05) is 16.5 Å². The van der Waals surface area contributed by atoms with Gasteiger partial charge in [0.25, 0.3) is 0 Å². The van der Waals surface area contributed by atoms with Gasteiger partial charge in [-0.25, -0.2) is 4.98 Å². The Labute approximate surface area is 175 Å². The number of aryl methyl sites for hydroxylation is 3. The first-order chi connectivity index (χ1) is 13.5. The van der Waals surface area contributed by atoms with Gasteiger partial charge in [-0.05, 0) is 73.9 Å². The van der Waals surface area contributed by atoms with Gasteiger partial charge in [0.05, 0.1) is 16.8 Å². The van der Waals surface area contributed by atoms with Crippen LogP contribution in [0.2, 0.25) is 5.02 Å². The van der Waals surface area contributed by atoms with E-state index in [0.717, 1.165) is 28.7 Å². The standard InChI is InChI=1S/C24H23ClN2S/c1-16-12-17(2)21(18(3)13-16)14-27-23-7-5-4-6-22(23)26-24(27)15-28-20-10-8-19(25)9-11-20/h4-13H,14-15H2,1-3H3. The molecule has 0 unspecified atom stereocenters. The monoisotopic (exact) mass is 406 g/mol. The summed E-state index contributed by atoms with van der Waals surface area (Å²) in [7, 11) is 0. The number of halogens is 1. The Morgan fingerprint density at radius 1 is 0.929 bits per heavy atom. The third-order valence-corrected chi connectivity index (χ3v) is 6.33. The topological polar surface area (TPSA) is 17.8 Å². The van der Waals surface area contributed by atoms with Gasteiger partial charge in [0.15, 0.2) is 0 Å². The largest absolute Gasteiger partial charge is 0.323 e. The molecule has 0 atom stereocenters. The molecule has 0 amide bonds. The molecule has 4 aromatic rings. The van der Waals surface area contributed by atoms with Crippen LogP contribution in [-0.2, 0) is 12.3 Å². The number of thioether (sulfide) groups is 1. The molecule has 0 aliphatic heterocycles. The van der Waals surface area contributed by atoms with E-state index in [-0.39, 0.29) is 0 Å². The second-order valence-corrected chi connectivity index (χ2v) is 8.71. The molecule has 1 aromatic heterocycles. The van der Waals surface area contributed by atoms with E-state index in [1.54, 1.807) is 11.8 Å². The smallest absolute Gasteiger partial charge is 0.120 e. The molecular formula is C24H23ClN2S. The summed E-state index contributed by atoms with van der Waals surface area (Å²) in [5.41, 5.74) is 7.61. The third kappa shape index (κ3) is 3.96. The normalized spacial score (nSPS) is 11.3. The van der Waals surface area contributed by atoms with E-state index in [1.165, 1.54) is 32.7 Å². The van der Waals surface area contributed by atoms with E-state index in [4.69, 9.17) is 16.6 Å². The SMILES string of the molecule is Cc1cc(C)c(Cn2c(CSc3ccc(Cl)cc3)nc3ccccc32)c(C)c1. The zero-order valence-corrected chi connectivity index (χ0v) is 17.9. The van der Waals surface area contributed by atoms with Gasteiger partial charge >= 0.3 is 0 Å². The van der Waals surface area contributed by atoms with Crippen LogP contribution in [0.1, 0.15) is 28.1 Å². The minimum absolute atomic E-state index is 0.766. The Hall–Kier alpha value is -2.23. The molecule has 0 aliphatic carbocycles. The van der Waals surface area contributed by atoms with Crippen molar-refractivity contribution in [2.24, 2.45) is 0 Å². The fourth-order valence-electron chi connectivity index (χ4n) is 3.71. The molecule has 4 heteroatoms. The molecule has 0 saturated heterocycles. The number of nitrogens with zero attached hydrogens (tertiary/aromatic N) is 2. The minimum atomic E-state index is 0.766. The number of rotatable bonds is 5. The van der Waals surface area contributed by atoms with Crippen LogP contribution in [0.25, 0.3) is 11.0 Å². The maximum atomic E-state index is 6.01. The van der Waals surface area contributed by atoms with Crippen molar-refractivity contribution in [3.05, 3.63) is 93.8 Å². The molecule has 1 heterocycles. The average molecular weight is 407 g/mol. The second kappa shape index (κ2) is 8.02. The summed E-state index contributed by atoms with van der Waals surface area (Å²) in [6, 6.07) is 20.9. The molecular weight excluding hydrogens is 384 g/mol. The van der Waals surface area contributed by atoms with Crippen LogP contribution in [0.15, 0.2) is 65.6 Å². The highest BCUT2D eigenvalue weighted by molar-refractivity contribution is 7.98. The van der Waals surface area contributed by atoms with E-state index >= 15 is 0 Å². The van der Waals surface area contributed by atoms with Crippen LogP contribution in [0.5, 0.6) is 0 Å². The Bertz CT molecular complexity index is 1110. The molecule has 2 nitrogen and oxygen atoms in total. The number of benzene rings is 3.